The number of nitrogen functional groups attached to an aromatic ring is 1. The van der Waals surface area contributed by atoms with Crippen molar-refractivity contribution in [2.45, 2.75) is 25.9 Å². The molecule has 1 aromatic rings. The third-order valence-corrected chi connectivity index (χ3v) is 1.93. The van der Waals surface area contributed by atoms with E-state index >= 15 is 0 Å². The molecule has 2 N–H and O–H groups in total. The van der Waals surface area contributed by atoms with E-state index in [1.807, 2.05) is 6.92 Å². The van der Waals surface area contributed by atoms with Crippen LogP contribution in [0.4, 0.5) is 5.69 Å². The number of hydrogen-bond donors (Lipinski definition) is 1. The van der Waals surface area contributed by atoms with Gasteiger partial charge in [-0.05, 0) is 25.3 Å². The molecular weight excluding hydrogens is 152 g/mol. The normalized spacial score (nSPS) is 16.1. The maximum Gasteiger partial charge on any atom is 0.215 e. The minimum atomic E-state index is 0.389. The maximum atomic E-state index is 5.70. The van der Waals surface area contributed by atoms with Gasteiger partial charge in [0.15, 0.2) is 0 Å². The first-order chi connectivity index (χ1) is 5.75. The van der Waals surface area contributed by atoms with Gasteiger partial charge in [-0.3, -0.25) is 0 Å². The Bertz CT molecular complexity index is 295. The number of aromatic nitrogens is 1. The van der Waals surface area contributed by atoms with Crippen LogP contribution in [0, 0.1) is 6.92 Å². The summed E-state index contributed by atoms with van der Waals surface area (Å²) in [6.45, 7) is 1.93. The second kappa shape index (κ2) is 2.66. The molecule has 1 fully saturated rings. The van der Waals surface area contributed by atoms with Gasteiger partial charge >= 0.3 is 0 Å². The Balaban J connectivity index is 2.15. The first-order valence-corrected chi connectivity index (χ1v) is 4.14. The molecule has 0 bridgehead atoms. The predicted octanol–water partition coefficient (Wildman–Crippen LogP) is 1.51. The van der Waals surface area contributed by atoms with Gasteiger partial charge in [-0.25, -0.2) is 4.98 Å². The van der Waals surface area contributed by atoms with Crippen LogP contribution in [0.25, 0.3) is 0 Å². The lowest BCUT2D eigenvalue weighted by molar-refractivity contribution is 0.291. The third-order valence-electron chi connectivity index (χ3n) is 1.93. The van der Waals surface area contributed by atoms with Crippen molar-refractivity contribution < 1.29 is 4.74 Å². The van der Waals surface area contributed by atoms with Crippen molar-refractivity contribution in [2.75, 3.05) is 5.73 Å². The molecular formula is C9H12N2O. The Morgan fingerprint density at radius 3 is 2.92 bits per heavy atom. The van der Waals surface area contributed by atoms with Crippen LogP contribution in [-0.2, 0) is 0 Å². The minimum Gasteiger partial charge on any atom is -0.474 e. The van der Waals surface area contributed by atoms with Gasteiger partial charge in [0.2, 0.25) is 5.88 Å². The van der Waals surface area contributed by atoms with Crippen LogP contribution in [0.2, 0.25) is 0 Å². The maximum absolute atomic E-state index is 5.70. The Morgan fingerprint density at radius 1 is 1.58 bits per heavy atom. The van der Waals surface area contributed by atoms with Crippen LogP contribution in [-0.4, -0.2) is 11.1 Å². The van der Waals surface area contributed by atoms with Crippen molar-refractivity contribution in [1.82, 2.24) is 4.98 Å². The van der Waals surface area contributed by atoms with Crippen molar-refractivity contribution >= 4 is 5.69 Å². The summed E-state index contributed by atoms with van der Waals surface area (Å²) in [7, 11) is 0. The van der Waals surface area contributed by atoms with Crippen LogP contribution in [0.5, 0.6) is 5.88 Å². The smallest absolute Gasteiger partial charge is 0.215 e. The molecule has 1 saturated carbocycles. The highest BCUT2D eigenvalue weighted by Gasteiger charge is 2.23. The molecule has 0 spiro atoms. The summed E-state index contributed by atoms with van der Waals surface area (Å²) in [5.74, 6) is 0.653. The van der Waals surface area contributed by atoms with Crippen LogP contribution in [0.1, 0.15) is 18.4 Å². The summed E-state index contributed by atoms with van der Waals surface area (Å²) >= 11 is 0. The Labute approximate surface area is 71.6 Å². The summed E-state index contributed by atoms with van der Waals surface area (Å²) in [5.41, 5.74) is 7.45. The molecule has 1 heterocycles. The average molecular weight is 164 g/mol. The highest BCUT2D eigenvalue weighted by atomic mass is 16.5. The van der Waals surface area contributed by atoms with Gasteiger partial charge in [-0.15, -0.1) is 0 Å². The molecule has 0 radical (unpaired) electrons. The van der Waals surface area contributed by atoms with E-state index in [9.17, 15) is 0 Å². The van der Waals surface area contributed by atoms with Crippen molar-refractivity contribution in [2.24, 2.45) is 0 Å². The van der Waals surface area contributed by atoms with E-state index in [-0.39, 0.29) is 0 Å². The molecule has 64 valence electrons. The standard InChI is InChI=1S/C9H12N2O/c1-6-5-11-9(4-8(6)10)12-7-2-3-7/h4-5,7H,2-3H2,1H3,(H2,10,11). The van der Waals surface area contributed by atoms with Crippen molar-refractivity contribution in [3.05, 3.63) is 17.8 Å². The zero-order valence-corrected chi connectivity index (χ0v) is 7.08. The zero-order valence-electron chi connectivity index (χ0n) is 7.08. The molecule has 2 rings (SSSR count). The topological polar surface area (TPSA) is 48.1 Å². The number of nitrogens with two attached hydrogens (primary N) is 1. The summed E-state index contributed by atoms with van der Waals surface area (Å²) in [4.78, 5) is 4.12. The van der Waals surface area contributed by atoms with Crippen LogP contribution >= 0.6 is 0 Å². The summed E-state index contributed by atoms with van der Waals surface area (Å²) in [5, 5.41) is 0. The third kappa shape index (κ3) is 1.49. The van der Waals surface area contributed by atoms with Gasteiger partial charge in [0, 0.05) is 18.0 Å². The second-order valence-corrected chi connectivity index (χ2v) is 3.20. The van der Waals surface area contributed by atoms with E-state index in [0.717, 1.165) is 24.1 Å². The first kappa shape index (κ1) is 7.40. The number of hydrogen-bond acceptors (Lipinski definition) is 3. The average Bonchev–Trinajstić information content (AvgIpc) is 2.81. The monoisotopic (exact) mass is 164 g/mol. The summed E-state index contributed by atoms with van der Waals surface area (Å²) < 4.78 is 5.47. The van der Waals surface area contributed by atoms with Crippen LogP contribution in [0.15, 0.2) is 12.3 Å². The molecule has 0 saturated heterocycles. The molecule has 1 aromatic heterocycles. The fraction of sp³-hybridized carbons (Fsp3) is 0.444. The largest absolute Gasteiger partial charge is 0.474 e. The summed E-state index contributed by atoms with van der Waals surface area (Å²) in [6, 6.07) is 1.79. The van der Waals surface area contributed by atoms with E-state index in [1.165, 1.54) is 0 Å². The fourth-order valence-corrected chi connectivity index (χ4v) is 0.940. The van der Waals surface area contributed by atoms with Crippen molar-refractivity contribution in [1.29, 1.82) is 0 Å². The van der Waals surface area contributed by atoms with Crippen molar-refractivity contribution in [3.63, 3.8) is 0 Å². The number of anilines is 1. The van der Waals surface area contributed by atoms with E-state index < -0.39 is 0 Å². The predicted molar refractivity (Wildman–Crippen MR) is 47.0 cm³/mol. The number of ether oxygens (including phenoxy) is 1. The van der Waals surface area contributed by atoms with Gasteiger partial charge in [0.25, 0.3) is 0 Å². The molecule has 0 atom stereocenters. The number of nitrogens with zero attached hydrogens (tertiary/aromatic N) is 1. The molecule has 3 nitrogen and oxygen atoms in total. The lowest BCUT2D eigenvalue weighted by Crippen LogP contribution is -2.00. The van der Waals surface area contributed by atoms with E-state index in [2.05, 4.69) is 4.98 Å². The van der Waals surface area contributed by atoms with Gasteiger partial charge < -0.3 is 10.5 Å². The molecule has 0 unspecified atom stereocenters. The fourth-order valence-electron chi connectivity index (χ4n) is 0.940. The Hall–Kier alpha value is -1.25. The lowest BCUT2D eigenvalue weighted by atomic mass is 10.3. The van der Waals surface area contributed by atoms with Gasteiger partial charge in [0.05, 0.1) is 0 Å². The van der Waals surface area contributed by atoms with E-state index in [0.29, 0.717) is 12.0 Å². The van der Waals surface area contributed by atoms with Crippen LogP contribution in [0.3, 0.4) is 0 Å². The molecule has 3 heteroatoms. The van der Waals surface area contributed by atoms with Gasteiger partial charge in [0.1, 0.15) is 6.10 Å². The number of aryl methyl sites for hydroxylation is 1. The summed E-state index contributed by atoms with van der Waals surface area (Å²) in [6.07, 6.45) is 4.43. The zero-order chi connectivity index (χ0) is 8.55. The second-order valence-electron chi connectivity index (χ2n) is 3.20. The number of rotatable bonds is 2. The molecule has 0 amide bonds. The highest BCUT2D eigenvalue weighted by Crippen LogP contribution is 2.26. The van der Waals surface area contributed by atoms with Gasteiger partial charge in [-0.2, -0.15) is 0 Å². The SMILES string of the molecule is Cc1cnc(OC2CC2)cc1N. The van der Waals surface area contributed by atoms with Crippen molar-refractivity contribution in [3.8, 4) is 5.88 Å². The lowest BCUT2D eigenvalue weighted by Gasteiger charge is -2.04. The van der Waals surface area contributed by atoms with Crippen LogP contribution < -0.4 is 10.5 Å². The Kier molecular flexibility index (Phi) is 1.64. The van der Waals surface area contributed by atoms with Gasteiger partial charge in [-0.1, -0.05) is 0 Å². The molecule has 1 aliphatic carbocycles. The highest BCUT2D eigenvalue weighted by molar-refractivity contribution is 5.47. The minimum absolute atomic E-state index is 0.389. The first-order valence-electron chi connectivity index (χ1n) is 4.14. The molecule has 0 aliphatic heterocycles. The molecule has 0 aromatic carbocycles. The molecule has 12 heavy (non-hydrogen) atoms. The molecule has 1 aliphatic rings. The van der Waals surface area contributed by atoms with E-state index in [1.54, 1.807) is 12.3 Å². The Morgan fingerprint density at radius 2 is 2.33 bits per heavy atom. The number of pyridine rings is 1. The van der Waals surface area contributed by atoms with E-state index in [4.69, 9.17) is 10.5 Å². The quantitative estimate of drug-likeness (QED) is 0.720.